The van der Waals surface area contributed by atoms with Crippen molar-refractivity contribution in [1.82, 2.24) is 14.9 Å². The number of halogens is 2. The molecule has 6 nitrogen and oxygen atoms in total. The van der Waals surface area contributed by atoms with E-state index in [1.54, 1.807) is 11.1 Å². The first kappa shape index (κ1) is 17.1. The zero-order valence-corrected chi connectivity index (χ0v) is 13.9. The first-order valence-corrected chi connectivity index (χ1v) is 7.84. The molecule has 3 rings (SSSR count). The van der Waals surface area contributed by atoms with Gasteiger partial charge in [-0.25, -0.2) is 8.78 Å². The van der Waals surface area contributed by atoms with Gasteiger partial charge in [0.15, 0.2) is 17.5 Å². The van der Waals surface area contributed by atoms with Gasteiger partial charge in [-0.15, -0.1) is 0 Å². The number of ether oxygens (including phenoxy) is 1. The second kappa shape index (κ2) is 7.00. The minimum atomic E-state index is -1.03. The molecule has 0 bridgehead atoms. The SMILES string of the molecule is CN(C)c1cncc(OC2CCN(C(=O)c3ccc(F)c(F)c3)C2)n1. The van der Waals surface area contributed by atoms with Crippen molar-refractivity contribution in [2.75, 3.05) is 32.1 Å². The molecule has 1 aliphatic rings. The lowest BCUT2D eigenvalue weighted by atomic mass is 10.2. The molecule has 132 valence electrons. The third-order valence-electron chi connectivity index (χ3n) is 3.94. The normalized spacial score (nSPS) is 16.8. The number of benzene rings is 1. The first-order valence-electron chi connectivity index (χ1n) is 7.84. The predicted octanol–water partition coefficient (Wildman–Crippen LogP) is 2.11. The molecule has 1 fully saturated rings. The Bertz CT molecular complexity index is 785. The molecule has 0 aliphatic carbocycles. The van der Waals surface area contributed by atoms with Gasteiger partial charge in [-0.1, -0.05) is 0 Å². The third kappa shape index (κ3) is 3.84. The van der Waals surface area contributed by atoms with Crippen LogP contribution in [0.4, 0.5) is 14.6 Å². The molecule has 1 unspecified atom stereocenters. The van der Waals surface area contributed by atoms with Crippen LogP contribution in [-0.2, 0) is 0 Å². The van der Waals surface area contributed by atoms with Crippen LogP contribution in [-0.4, -0.2) is 54.1 Å². The van der Waals surface area contributed by atoms with Crippen molar-refractivity contribution in [3.8, 4) is 5.88 Å². The second-order valence-electron chi connectivity index (χ2n) is 6.02. The molecule has 0 saturated carbocycles. The Hall–Kier alpha value is -2.77. The van der Waals surface area contributed by atoms with Crippen LogP contribution < -0.4 is 9.64 Å². The highest BCUT2D eigenvalue weighted by Crippen LogP contribution is 2.20. The molecular formula is C17H18F2N4O2. The van der Waals surface area contributed by atoms with Crippen molar-refractivity contribution < 1.29 is 18.3 Å². The number of hydrogen-bond acceptors (Lipinski definition) is 5. The summed E-state index contributed by atoms with van der Waals surface area (Å²) in [5.74, 6) is -1.30. The van der Waals surface area contributed by atoms with Gasteiger partial charge >= 0.3 is 0 Å². The van der Waals surface area contributed by atoms with Gasteiger partial charge in [-0.2, -0.15) is 4.98 Å². The Balaban J connectivity index is 1.64. The Morgan fingerprint density at radius 3 is 2.80 bits per heavy atom. The van der Waals surface area contributed by atoms with E-state index in [4.69, 9.17) is 4.74 Å². The van der Waals surface area contributed by atoms with Gasteiger partial charge in [-0.3, -0.25) is 9.78 Å². The van der Waals surface area contributed by atoms with Gasteiger partial charge in [0, 0.05) is 32.6 Å². The maximum Gasteiger partial charge on any atom is 0.254 e. The minimum Gasteiger partial charge on any atom is -0.471 e. The zero-order chi connectivity index (χ0) is 18.0. The third-order valence-corrected chi connectivity index (χ3v) is 3.94. The summed E-state index contributed by atoms with van der Waals surface area (Å²) in [7, 11) is 3.71. The van der Waals surface area contributed by atoms with Gasteiger partial charge in [-0.05, 0) is 18.2 Å². The summed E-state index contributed by atoms with van der Waals surface area (Å²) in [6.45, 7) is 0.828. The Kier molecular flexibility index (Phi) is 4.78. The van der Waals surface area contributed by atoms with E-state index in [-0.39, 0.29) is 17.6 Å². The first-order chi connectivity index (χ1) is 11.9. The lowest BCUT2D eigenvalue weighted by Gasteiger charge is -2.18. The summed E-state index contributed by atoms with van der Waals surface area (Å²) < 4.78 is 32.1. The van der Waals surface area contributed by atoms with E-state index in [9.17, 15) is 13.6 Å². The summed E-state index contributed by atoms with van der Waals surface area (Å²) in [5.41, 5.74) is 0.119. The molecule has 0 spiro atoms. The van der Waals surface area contributed by atoms with Gasteiger partial charge in [0.2, 0.25) is 5.88 Å². The maximum atomic E-state index is 13.3. The summed E-state index contributed by atoms with van der Waals surface area (Å²) >= 11 is 0. The highest BCUT2D eigenvalue weighted by molar-refractivity contribution is 5.94. The van der Waals surface area contributed by atoms with Crippen LogP contribution in [0.2, 0.25) is 0 Å². The molecule has 0 radical (unpaired) electrons. The van der Waals surface area contributed by atoms with Crippen molar-refractivity contribution in [1.29, 1.82) is 0 Å². The number of hydrogen-bond donors (Lipinski definition) is 0. The number of amides is 1. The highest BCUT2D eigenvalue weighted by Gasteiger charge is 2.29. The topological polar surface area (TPSA) is 58.6 Å². The average Bonchev–Trinajstić information content (AvgIpc) is 3.05. The maximum absolute atomic E-state index is 13.3. The van der Waals surface area contributed by atoms with E-state index in [0.717, 1.165) is 12.1 Å². The lowest BCUT2D eigenvalue weighted by molar-refractivity contribution is 0.0770. The van der Waals surface area contributed by atoms with Gasteiger partial charge in [0.25, 0.3) is 5.91 Å². The molecule has 1 aromatic carbocycles. The molecule has 1 saturated heterocycles. The van der Waals surface area contributed by atoms with Crippen LogP contribution in [0.1, 0.15) is 16.8 Å². The number of likely N-dealkylation sites (tertiary alicyclic amines) is 1. The lowest BCUT2D eigenvalue weighted by Crippen LogP contribution is -2.31. The number of aromatic nitrogens is 2. The Labute approximate surface area is 144 Å². The molecular weight excluding hydrogens is 330 g/mol. The van der Waals surface area contributed by atoms with Crippen LogP contribution >= 0.6 is 0 Å². The van der Waals surface area contributed by atoms with E-state index >= 15 is 0 Å². The van der Waals surface area contributed by atoms with E-state index in [0.29, 0.717) is 31.2 Å². The van der Waals surface area contributed by atoms with Crippen molar-refractivity contribution in [2.45, 2.75) is 12.5 Å². The van der Waals surface area contributed by atoms with Gasteiger partial charge in [0.1, 0.15) is 6.10 Å². The summed E-state index contributed by atoms with van der Waals surface area (Å²) in [4.78, 5) is 24.2. The van der Waals surface area contributed by atoms with E-state index in [2.05, 4.69) is 9.97 Å². The fraction of sp³-hybridized carbons (Fsp3) is 0.353. The average molecular weight is 348 g/mol. The fourth-order valence-electron chi connectivity index (χ4n) is 2.60. The Morgan fingerprint density at radius 1 is 1.28 bits per heavy atom. The second-order valence-corrected chi connectivity index (χ2v) is 6.02. The molecule has 8 heteroatoms. The molecule has 1 aromatic heterocycles. The fourth-order valence-corrected chi connectivity index (χ4v) is 2.60. The molecule has 2 aromatic rings. The van der Waals surface area contributed by atoms with Crippen molar-refractivity contribution in [3.63, 3.8) is 0 Å². The van der Waals surface area contributed by atoms with Crippen molar-refractivity contribution in [3.05, 3.63) is 47.8 Å². The minimum absolute atomic E-state index is 0.119. The molecule has 25 heavy (non-hydrogen) atoms. The predicted molar refractivity (Wildman–Crippen MR) is 87.7 cm³/mol. The highest BCUT2D eigenvalue weighted by atomic mass is 19.2. The quantitative estimate of drug-likeness (QED) is 0.847. The van der Waals surface area contributed by atoms with Crippen LogP contribution in [0.5, 0.6) is 5.88 Å². The largest absolute Gasteiger partial charge is 0.471 e. The number of carbonyl (C=O) groups is 1. The van der Waals surface area contributed by atoms with Crippen LogP contribution in [0.25, 0.3) is 0 Å². The van der Waals surface area contributed by atoms with Crippen molar-refractivity contribution in [2.24, 2.45) is 0 Å². The molecule has 1 aliphatic heterocycles. The standard InChI is InChI=1S/C17H18F2N4O2/c1-22(2)15-8-20-9-16(21-15)25-12-5-6-23(10-12)17(24)11-3-4-13(18)14(19)7-11/h3-4,7-9,12H,5-6,10H2,1-2H3. The van der Waals surface area contributed by atoms with E-state index in [1.165, 1.54) is 12.3 Å². The smallest absolute Gasteiger partial charge is 0.254 e. The number of carbonyl (C=O) groups excluding carboxylic acids is 1. The van der Waals surface area contributed by atoms with Crippen LogP contribution in [0.15, 0.2) is 30.6 Å². The van der Waals surface area contributed by atoms with Gasteiger partial charge in [0.05, 0.1) is 18.9 Å². The zero-order valence-electron chi connectivity index (χ0n) is 13.9. The molecule has 0 N–H and O–H groups in total. The number of anilines is 1. The number of nitrogens with zero attached hydrogens (tertiary/aromatic N) is 4. The molecule has 2 heterocycles. The molecule has 1 atom stereocenters. The van der Waals surface area contributed by atoms with Gasteiger partial charge < -0.3 is 14.5 Å². The van der Waals surface area contributed by atoms with Crippen LogP contribution in [0, 0.1) is 11.6 Å². The summed E-state index contributed by atoms with van der Waals surface area (Å²) in [6.07, 6.45) is 3.55. The monoisotopic (exact) mass is 348 g/mol. The summed E-state index contributed by atoms with van der Waals surface area (Å²) in [6, 6.07) is 3.15. The molecule has 1 amide bonds. The Morgan fingerprint density at radius 2 is 2.08 bits per heavy atom. The van der Waals surface area contributed by atoms with Crippen LogP contribution in [0.3, 0.4) is 0 Å². The van der Waals surface area contributed by atoms with E-state index in [1.807, 2.05) is 19.0 Å². The summed E-state index contributed by atoms with van der Waals surface area (Å²) in [5, 5.41) is 0. The van der Waals surface area contributed by atoms with E-state index < -0.39 is 11.6 Å². The van der Waals surface area contributed by atoms with Crippen molar-refractivity contribution >= 4 is 11.7 Å². The number of rotatable bonds is 4.